The van der Waals surface area contributed by atoms with Gasteiger partial charge >= 0.3 is 0 Å². The maximum atomic E-state index is 12.8. The maximum Gasteiger partial charge on any atom is 0.227 e. The lowest BCUT2D eigenvalue weighted by Crippen LogP contribution is -2.45. The number of anilines is 2. The van der Waals surface area contributed by atoms with Crippen LogP contribution in [0.1, 0.15) is 12.8 Å². The fourth-order valence-corrected chi connectivity index (χ4v) is 4.69. The van der Waals surface area contributed by atoms with Gasteiger partial charge in [-0.1, -0.05) is 11.6 Å². The van der Waals surface area contributed by atoms with Crippen LogP contribution in [0.25, 0.3) is 0 Å². The Morgan fingerprint density at radius 2 is 1.74 bits per heavy atom. The average molecular weight is 411 g/mol. The molecule has 0 aliphatic carbocycles. The van der Waals surface area contributed by atoms with Crippen molar-refractivity contribution in [2.75, 3.05) is 36.9 Å². The molecule has 10 heteroatoms. The van der Waals surface area contributed by atoms with E-state index in [1.807, 2.05) is 4.90 Å². The zero-order valence-corrected chi connectivity index (χ0v) is 16.0. The highest BCUT2D eigenvalue weighted by Crippen LogP contribution is 2.33. The van der Waals surface area contributed by atoms with Gasteiger partial charge in [0.2, 0.25) is 15.8 Å². The Morgan fingerprint density at radius 3 is 2.33 bits per heavy atom. The smallest absolute Gasteiger partial charge is 0.227 e. The Morgan fingerprint density at radius 1 is 1.11 bits per heavy atom. The molecule has 0 saturated carbocycles. The van der Waals surface area contributed by atoms with Crippen molar-refractivity contribution in [1.82, 2.24) is 9.97 Å². The predicted octanol–water partition coefficient (Wildman–Crippen LogP) is 1.89. The number of hydrogen-bond acceptors (Lipinski definition) is 8. The molecule has 2 aliphatic heterocycles. The molecule has 27 heavy (non-hydrogen) atoms. The fourth-order valence-electron chi connectivity index (χ4n) is 3.31. The molecule has 3 heterocycles. The first kappa shape index (κ1) is 18.4. The molecular weight excluding hydrogens is 392 g/mol. The SMILES string of the molecule is Nc1nc(N2CCC3(CC2)OCCO3)ncc1S(=O)(=O)c1ccc(Cl)cc1. The van der Waals surface area contributed by atoms with Gasteiger partial charge in [-0.2, -0.15) is 4.98 Å². The number of rotatable bonds is 3. The number of piperidine rings is 1. The van der Waals surface area contributed by atoms with Crippen molar-refractivity contribution in [1.29, 1.82) is 0 Å². The van der Waals surface area contributed by atoms with Crippen LogP contribution in [0.5, 0.6) is 0 Å². The van der Waals surface area contributed by atoms with Crippen molar-refractivity contribution in [2.24, 2.45) is 0 Å². The van der Waals surface area contributed by atoms with E-state index in [0.29, 0.717) is 50.1 Å². The molecule has 2 aliphatic rings. The van der Waals surface area contributed by atoms with E-state index in [1.165, 1.54) is 30.5 Å². The van der Waals surface area contributed by atoms with E-state index in [9.17, 15) is 8.42 Å². The Kier molecular flexibility index (Phi) is 4.71. The molecule has 2 fully saturated rings. The molecule has 1 aromatic heterocycles. The van der Waals surface area contributed by atoms with E-state index < -0.39 is 15.6 Å². The van der Waals surface area contributed by atoms with Crippen LogP contribution in [0.15, 0.2) is 40.3 Å². The summed E-state index contributed by atoms with van der Waals surface area (Å²) < 4.78 is 37.0. The lowest BCUT2D eigenvalue weighted by Gasteiger charge is -2.37. The van der Waals surface area contributed by atoms with Crippen LogP contribution < -0.4 is 10.6 Å². The number of ether oxygens (including phenoxy) is 2. The molecule has 8 nitrogen and oxygen atoms in total. The van der Waals surface area contributed by atoms with E-state index in [0.717, 1.165) is 0 Å². The second kappa shape index (κ2) is 6.90. The van der Waals surface area contributed by atoms with Gasteiger partial charge in [0.05, 0.1) is 24.3 Å². The number of hydrogen-bond donors (Lipinski definition) is 1. The molecule has 4 rings (SSSR count). The number of sulfone groups is 1. The Hall–Kier alpha value is -1.94. The molecule has 0 amide bonds. The summed E-state index contributed by atoms with van der Waals surface area (Å²) in [5, 5.41) is 0.451. The van der Waals surface area contributed by atoms with Gasteiger partial charge in [0.1, 0.15) is 10.7 Å². The van der Waals surface area contributed by atoms with E-state index in [-0.39, 0.29) is 15.6 Å². The van der Waals surface area contributed by atoms with Crippen LogP contribution >= 0.6 is 11.6 Å². The van der Waals surface area contributed by atoms with Gasteiger partial charge in [-0.05, 0) is 24.3 Å². The molecule has 0 bridgehead atoms. The van der Waals surface area contributed by atoms with Crippen LogP contribution in [0.4, 0.5) is 11.8 Å². The molecule has 144 valence electrons. The van der Waals surface area contributed by atoms with E-state index in [2.05, 4.69) is 9.97 Å². The third kappa shape index (κ3) is 3.47. The molecule has 0 unspecified atom stereocenters. The Bertz CT molecular complexity index is 936. The molecule has 0 atom stereocenters. The van der Waals surface area contributed by atoms with Crippen LogP contribution in [-0.2, 0) is 19.3 Å². The highest BCUT2D eigenvalue weighted by atomic mass is 35.5. The first-order valence-electron chi connectivity index (χ1n) is 8.56. The molecular formula is C17H19ClN4O4S. The minimum atomic E-state index is -3.82. The summed E-state index contributed by atoms with van der Waals surface area (Å²) >= 11 is 5.82. The third-order valence-corrected chi connectivity index (χ3v) is 6.84. The maximum absolute atomic E-state index is 12.8. The van der Waals surface area contributed by atoms with Crippen LogP contribution in [-0.4, -0.2) is 50.5 Å². The largest absolute Gasteiger partial charge is 0.382 e. The Labute approximate surface area is 162 Å². The average Bonchev–Trinajstić information content (AvgIpc) is 3.10. The summed E-state index contributed by atoms with van der Waals surface area (Å²) in [6.45, 7) is 2.51. The van der Waals surface area contributed by atoms with Crippen LogP contribution in [0.2, 0.25) is 5.02 Å². The van der Waals surface area contributed by atoms with Gasteiger partial charge in [0, 0.05) is 31.0 Å². The van der Waals surface area contributed by atoms with E-state index in [4.69, 9.17) is 26.8 Å². The van der Waals surface area contributed by atoms with Crippen molar-refractivity contribution >= 4 is 33.2 Å². The summed E-state index contributed by atoms with van der Waals surface area (Å²) in [5.74, 6) is -0.182. The van der Waals surface area contributed by atoms with Gasteiger partial charge in [-0.15, -0.1) is 0 Å². The lowest BCUT2D eigenvalue weighted by atomic mass is 10.0. The van der Waals surface area contributed by atoms with Gasteiger partial charge in [0.15, 0.2) is 5.79 Å². The summed E-state index contributed by atoms with van der Waals surface area (Å²) in [5.41, 5.74) is 5.96. The summed E-state index contributed by atoms with van der Waals surface area (Å²) in [7, 11) is -3.82. The summed E-state index contributed by atoms with van der Waals surface area (Å²) in [6.07, 6.45) is 2.65. The third-order valence-electron chi connectivity index (χ3n) is 4.81. The van der Waals surface area contributed by atoms with Crippen LogP contribution in [0, 0.1) is 0 Å². The van der Waals surface area contributed by atoms with Crippen molar-refractivity contribution in [3.8, 4) is 0 Å². The standard InChI is InChI=1S/C17H19ClN4O4S/c18-12-1-3-13(4-2-12)27(23,24)14-11-20-16(21-15(14)19)22-7-5-17(6-8-22)25-9-10-26-17/h1-4,11H,5-10H2,(H2,19,20,21). The monoisotopic (exact) mass is 410 g/mol. The predicted molar refractivity (Wildman–Crippen MR) is 99.4 cm³/mol. The highest BCUT2D eigenvalue weighted by molar-refractivity contribution is 7.91. The normalized spacial score (nSPS) is 19.5. The molecule has 1 spiro atoms. The molecule has 1 aromatic carbocycles. The molecule has 2 saturated heterocycles. The quantitative estimate of drug-likeness (QED) is 0.817. The minimum absolute atomic E-state index is 0.0800. The first-order valence-corrected chi connectivity index (χ1v) is 10.4. The Balaban J connectivity index is 1.55. The summed E-state index contributed by atoms with van der Waals surface area (Å²) in [6, 6.07) is 5.88. The number of nitrogen functional groups attached to an aromatic ring is 1. The van der Waals surface area contributed by atoms with Crippen molar-refractivity contribution in [3.05, 3.63) is 35.5 Å². The van der Waals surface area contributed by atoms with Gasteiger partial charge in [-0.25, -0.2) is 13.4 Å². The van der Waals surface area contributed by atoms with Gasteiger partial charge in [-0.3, -0.25) is 0 Å². The van der Waals surface area contributed by atoms with Crippen molar-refractivity contribution < 1.29 is 17.9 Å². The zero-order chi connectivity index (χ0) is 19.1. The number of nitrogens with zero attached hydrogens (tertiary/aromatic N) is 3. The molecule has 2 N–H and O–H groups in total. The van der Waals surface area contributed by atoms with Gasteiger partial charge in [0.25, 0.3) is 0 Å². The lowest BCUT2D eigenvalue weighted by molar-refractivity contribution is -0.169. The fraction of sp³-hybridized carbons (Fsp3) is 0.412. The second-order valence-electron chi connectivity index (χ2n) is 6.47. The van der Waals surface area contributed by atoms with Gasteiger partial charge < -0.3 is 20.1 Å². The number of halogens is 1. The van der Waals surface area contributed by atoms with E-state index >= 15 is 0 Å². The topological polar surface area (TPSA) is 108 Å². The number of benzene rings is 1. The second-order valence-corrected chi connectivity index (χ2v) is 8.83. The molecule has 0 radical (unpaired) electrons. The molecule has 2 aromatic rings. The highest BCUT2D eigenvalue weighted by Gasteiger charge is 2.40. The summed E-state index contributed by atoms with van der Waals surface area (Å²) in [4.78, 5) is 10.4. The van der Waals surface area contributed by atoms with Crippen molar-refractivity contribution in [3.63, 3.8) is 0 Å². The minimum Gasteiger partial charge on any atom is -0.382 e. The van der Waals surface area contributed by atoms with Crippen LogP contribution in [0.3, 0.4) is 0 Å². The van der Waals surface area contributed by atoms with E-state index in [1.54, 1.807) is 0 Å². The number of nitrogens with two attached hydrogens (primary N) is 1. The zero-order valence-electron chi connectivity index (χ0n) is 14.5. The van der Waals surface area contributed by atoms with Crippen molar-refractivity contribution in [2.45, 2.75) is 28.4 Å². The first-order chi connectivity index (χ1) is 12.9. The number of aromatic nitrogens is 2.